The maximum absolute atomic E-state index is 12.8. The van der Waals surface area contributed by atoms with Crippen LogP contribution in [-0.4, -0.2) is 37.2 Å². The first-order valence-corrected chi connectivity index (χ1v) is 27.0. The highest BCUT2D eigenvalue weighted by Crippen LogP contribution is 2.14. The van der Waals surface area contributed by atoms with E-state index in [2.05, 4.69) is 69.4 Å². The summed E-state index contributed by atoms with van der Waals surface area (Å²) in [5.41, 5.74) is 0. The second kappa shape index (κ2) is 53.7. The lowest BCUT2D eigenvalue weighted by Crippen LogP contribution is -2.30. The highest BCUT2D eigenvalue weighted by Gasteiger charge is 2.19. The van der Waals surface area contributed by atoms with Crippen LogP contribution in [0.15, 0.2) is 109 Å². The van der Waals surface area contributed by atoms with Crippen molar-refractivity contribution in [1.29, 1.82) is 0 Å². The zero-order valence-corrected chi connectivity index (χ0v) is 42.7. The lowest BCUT2D eigenvalue weighted by atomic mass is 10.1. The Morgan fingerprint density at radius 1 is 0.318 bits per heavy atom. The molecule has 0 N–H and O–H groups in total. The van der Waals surface area contributed by atoms with Gasteiger partial charge in [0.25, 0.3) is 0 Å². The summed E-state index contributed by atoms with van der Waals surface area (Å²) in [5, 5.41) is 0. The van der Waals surface area contributed by atoms with Crippen LogP contribution in [0.2, 0.25) is 0 Å². The van der Waals surface area contributed by atoms with Crippen LogP contribution in [0.25, 0.3) is 0 Å². The second-order valence-corrected chi connectivity index (χ2v) is 17.6. The molecule has 0 aliphatic carbocycles. The molecule has 0 bridgehead atoms. The summed E-state index contributed by atoms with van der Waals surface area (Å²) in [7, 11) is 0. The summed E-state index contributed by atoms with van der Waals surface area (Å²) in [6, 6.07) is 0. The van der Waals surface area contributed by atoms with Crippen LogP contribution >= 0.6 is 0 Å². The molecule has 0 radical (unpaired) electrons. The minimum atomic E-state index is -0.808. The van der Waals surface area contributed by atoms with Crippen LogP contribution < -0.4 is 0 Å². The van der Waals surface area contributed by atoms with Crippen molar-refractivity contribution in [2.45, 2.75) is 239 Å². The van der Waals surface area contributed by atoms with E-state index in [9.17, 15) is 14.4 Å². The van der Waals surface area contributed by atoms with Gasteiger partial charge in [0.1, 0.15) is 13.2 Å². The van der Waals surface area contributed by atoms with Gasteiger partial charge in [-0.2, -0.15) is 0 Å². The van der Waals surface area contributed by atoms with Crippen molar-refractivity contribution in [3.8, 4) is 0 Å². The van der Waals surface area contributed by atoms with Crippen LogP contribution in [0.1, 0.15) is 233 Å². The third-order valence-corrected chi connectivity index (χ3v) is 11.2. The van der Waals surface area contributed by atoms with E-state index in [4.69, 9.17) is 14.2 Å². The van der Waals surface area contributed by atoms with Crippen molar-refractivity contribution in [3.05, 3.63) is 109 Å². The molecule has 0 saturated carbocycles. The van der Waals surface area contributed by atoms with E-state index >= 15 is 0 Å². The molecule has 1 atom stereocenters. The van der Waals surface area contributed by atoms with Gasteiger partial charge in [-0.05, 0) is 89.9 Å². The van der Waals surface area contributed by atoms with Crippen LogP contribution in [-0.2, 0) is 28.6 Å². The minimum absolute atomic E-state index is 0.104. The van der Waals surface area contributed by atoms with Gasteiger partial charge in [0, 0.05) is 19.3 Å². The maximum atomic E-state index is 12.8. The van der Waals surface area contributed by atoms with Gasteiger partial charge >= 0.3 is 17.9 Å². The number of carbonyl (C=O) groups excluding carboxylic acids is 3. The monoisotopic (exact) mass is 915 g/mol. The fourth-order valence-electron chi connectivity index (χ4n) is 7.11. The molecule has 0 amide bonds. The predicted molar refractivity (Wildman–Crippen MR) is 283 cm³/mol. The predicted octanol–water partition coefficient (Wildman–Crippen LogP) is 17.9. The molecular formula is C60H98O6. The Kier molecular flexibility index (Phi) is 50.5. The Morgan fingerprint density at radius 3 is 1.03 bits per heavy atom. The van der Waals surface area contributed by atoms with E-state index in [1.165, 1.54) is 96.3 Å². The van der Waals surface area contributed by atoms with E-state index in [1.54, 1.807) is 0 Å². The van der Waals surface area contributed by atoms with E-state index in [1.807, 2.05) is 60.8 Å². The minimum Gasteiger partial charge on any atom is -0.462 e. The van der Waals surface area contributed by atoms with E-state index in [0.717, 1.165) is 96.3 Å². The molecular weight excluding hydrogens is 817 g/mol. The molecule has 0 aromatic rings. The van der Waals surface area contributed by atoms with E-state index < -0.39 is 6.10 Å². The third-order valence-electron chi connectivity index (χ3n) is 11.2. The van der Waals surface area contributed by atoms with Gasteiger partial charge < -0.3 is 14.2 Å². The van der Waals surface area contributed by atoms with Gasteiger partial charge in [0.2, 0.25) is 0 Å². The fourth-order valence-corrected chi connectivity index (χ4v) is 7.11. The molecule has 0 aliphatic rings. The summed E-state index contributed by atoms with van der Waals surface area (Å²) < 4.78 is 16.8. The lowest BCUT2D eigenvalue weighted by molar-refractivity contribution is -0.167. The summed E-state index contributed by atoms with van der Waals surface area (Å²) >= 11 is 0. The van der Waals surface area contributed by atoms with Gasteiger partial charge in [-0.25, -0.2) is 0 Å². The fraction of sp³-hybridized carbons (Fsp3) is 0.650. The third kappa shape index (κ3) is 51.1. The topological polar surface area (TPSA) is 78.9 Å². The summed E-state index contributed by atoms with van der Waals surface area (Å²) in [4.78, 5) is 38.1. The Hall–Kier alpha value is -3.93. The maximum Gasteiger partial charge on any atom is 0.306 e. The number of ether oxygens (including phenoxy) is 3. The molecule has 0 heterocycles. The van der Waals surface area contributed by atoms with E-state index in [-0.39, 0.29) is 31.1 Å². The van der Waals surface area contributed by atoms with Gasteiger partial charge in [-0.3, -0.25) is 14.4 Å². The molecule has 0 fully saturated rings. The van der Waals surface area contributed by atoms with Gasteiger partial charge in [0.05, 0.1) is 0 Å². The zero-order chi connectivity index (χ0) is 47.9. The standard InChI is InChI=1S/C60H98O6/c1-4-7-10-13-16-19-22-25-28-30-33-35-38-41-44-47-50-53-59(62)65-56-57(55-64-58(61)52-49-46-43-40-37-34-31-27-24-21-18-15-12-9-6-3)66-60(63)54-51-48-45-42-39-36-32-29-26-23-20-17-14-11-8-5-2/h7,10,13,16,18-19,21-22,24-25,27-30,32-33,35,38,57H,4-6,8-9,11-12,14-15,17,20,23,26,31,34,36-37,39-56H2,1-3H3/b10-7-,16-13-,21-18-,22-19-,27-24-,28-25-,32-29-,33-30+,38-35-. The van der Waals surface area contributed by atoms with Crippen LogP contribution in [0.4, 0.5) is 0 Å². The second-order valence-electron chi connectivity index (χ2n) is 17.6. The number of unbranched alkanes of at least 4 members (excludes halogenated alkanes) is 24. The first-order valence-electron chi connectivity index (χ1n) is 27.0. The smallest absolute Gasteiger partial charge is 0.306 e. The first kappa shape index (κ1) is 62.1. The van der Waals surface area contributed by atoms with Crippen LogP contribution in [0.5, 0.6) is 0 Å². The van der Waals surface area contributed by atoms with Crippen molar-refractivity contribution in [1.82, 2.24) is 0 Å². The van der Waals surface area contributed by atoms with Crippen LogP contribution in [0, 0.1) is 0 Å². The Balaban J connectivity index is 4.53. The average molecular weight is 915 g/mol. The summed E-state index contributed by atoms with van der Waals surface area (Å²) in [6.45, 7) is 6.40. The molecule has 0 aliphatic heterocycles. The van der Waals surface area contributed by atoms with Crippen molar-refractivity contribution >= 4 is 17.9 Å². The summed E-state index contributed by atoms with van der Waals surface area (Å²) in [5.74, 6) is -0.970. The number of hydrogen-bond acceptors (Lipinski definition) is 6. The molecule has 0 rings (SSSR count). The highest BCUT2D eigenvalue weighted by atomic mass is 16.6. The normalized spacial score (nSPS) is 13.0. The van der Waals surface area contributed by atoms with Gasteiger partial charge in [-0.1, -0.05) is 233 Å². The molecule has 0 spiro atoms. The largest absolute Gasteiger partial charge is 0.462 e. The molecule has 1 unspecified atom stereocenters. The Labute approximate surface area is 406 Å². The average Bonchev–Trinajstić information content (AvgIpc) is 3.31. The molecule has 6 heteroatoms. The quantitative estimate of drug-likeness (QED) is 0.0199. The molecule has 6 nitrogen and oxygen atoms in total. The number of hydrogen-bond donors (Lipinski definition) is 0. The zero-order valence-electron chi connectivity index (χ0n) is 42.7. The van der Waals surface area contributed by atoms with Crippen molar-refractivity contribution in [2.75, 3.05) is 13.2 Å². The Bertz CT molecular complexity index is 1370. The van der Waals surface area contributed by atoms with Gasteiger partial charge in [0.15, 0.2) is 6.10 Å². The van der Waals surface area contributed by atoms with Gasteiger partial charge in [-0.15, -0.1) is 0 Å². The molecule has 0 aromatic heterocycles. The number of carbonyl (C=O) groups is 3. The lowest BCUT2D eigenvalue weighted by Gasteiger charge is -2.18. The van der Waals surface area contributed by atoms with E-state index in [0.29, 0.717) is 19.3 Å². The van der Waals surface area contributed by atoms with Crippen molar-refractivity contribution < 1.29 is 28.6 Å². The number of rotatable bonds is 47. The highest BCUT2D eigenvalue weighted by molar-refractivity contribution is 5.71. The molecule has 374 valence electrons. The molecule has 0 aromatic carbocycles. The van der Waals surface area contributed by atoms with Crippen molar-refractivity contribution in [3.63, 3.8) is 0 Å². The number of allylic oxidation sites excluding steroid dienone is 18. The molecule has 66 heavy (non-hydrogen) atoms. The number of esters is 3. The van der Waals surface area contributed by atoms with Crippen LogP contribution in [0.3, 0.4) is 0 Å². The summed E-state index contributed by atoms with van der Waals surface area (Å²) in [6.07, 6.45) is 72.1. The molecule has 0 saturated heterocycles. The van der Waals surface area contributed by atoms with Crippen molar-refractivity contribution in [2.24, 2.45) is 0 Å². The first-order chi connectivity index (χ1) is 32.5. The SMILES string of the molecule is CC\C=C/C=C\C=C/C=C\C=C\C=C/CCCCCC(=O)OCC(COC(=O)CCCCCCCC/C=C\C=C/CCCCC)OC(=O)CCCCCCC/C=C\CCCCCCCCC. The Morgan fingerprint density at radius 2 is 0.606 bits per heavy atom.